The maximum atomic E-state index is 12.4. The fourth-order valence-electron chi connectivity index (χ4n) is 1.69. The molecule has 0 rings (SSSR count). The largest absolute Gasteiger partial charge is 0.471 e. The lowest BCUT2D eigenvalue weighted by Crippen LogP contribution is -2.45. The number of hydrogen-bond acceptors (Lipinski definition) is 4. The number of nitrogens with one attached hydrogen (secondary N) is 1. The van der Waals surface area contributed by atoms with E-state index in [1.807, 2.05) is 12.2 Å². The third kappa shape index (κ3) is 10.8. The number of carbonyl (C=O) groups is 1. The Hall–Kier alpha value is -0.940. The van der Waals surface area contributed by atoms with Crippen molar-refractivity contribution in [3.05, 3.63) is 11.4 Å². The average molecular weight is 371 g/mol. The first-order chi connectivity index (χ1) is 11.2. The Labute approximate surface area is 142 Å². The quantitative estimate of drug-likeness (QED) is 0.325. The molecule has 0 fully saturated rings. The van der Waals surface area contributed by atoms with E-state index < -0.39 is 26.7 Å². The van der Waals surface area contributed by atoms with Gasteiger partial charge in [-0.2, -0.15) is 13.2 Å². The molecule has 140 valence electrons. The van der Waals surface area contributed by atoms with Gasteiger partial charge in [0.05, 0.1) is 12.6 Å². The number of rotatable bonds is 12. The van der Waals surface area contributed by atoms with Crippen molar-refractivity contribution in [1.29, 1.82) is 0 Å². The molecule has 0 aromatic carbocycles. The molecule has 0 aliphatic heterocycles. The van der Waals surface area contributed by atoms with Gasteiger partial charge in [-0.15, -0.1) is 0 Å². The summed E-state index contributed by atoms with van der Waals surface area (Å²) >= 11 is 0. The van der Waals surface area contributed by atoms with Gasteiger partial charge < -0.3 is 19.2 Å². The number of nitrogens with zero attached hydrogens (tertiary/aromatic N) is 2. The molecule has 1 N–H and O–H groups in total. The molecule has 0 aromatic heterocycles. The fourth-order valence-corrected chi connectivity index (χ4v) is 2.77. The molecule has 24 heavy (non-hydrogen) atoms. The van der Waals surface area contributed by atoms with E-state index >= 15 is 0 Å². The van der Waals surface area contributed by atoms with E-state index in [-0.39, 0.29) is 19.8 Å². The molecule has 2 atom stereocenters. The lowest BCUT2D eigenvalue weighted by Gasteiger charge is -2.25. The van der Waals surface area contributed by atoms with Crippen LogP contribution < -0.4 is 5.32 Å². The number of unbranched alkanes of at least 4 members (excludes halogenated alkanes) is 2. The SMILES string of the molecule is [C-]#[N+]CCOP(OC[C@H](CCCCC)NC(=O)C(F)(F)F)N(C)C. The molecule has 0 aliphatic rings. The van der Waals surface area contributed by atoms with Gasteiger partial charge in [-0.25, -0.2) is 11.2 Å². The molecule has 0 saturated carbocycles. The Balaban J connectivity index is 4.59. The topological polar surface area (TPSA) is 55.2 Å². The molecule has 0 heterocycles. The summed E-state index contributed by atoms with van der Waals surface area (Å²) in [4.78, 5) is 14.3. The summed E-state index contributed by atoms with van der Waals surface area (Å²) in [5, 5.41) is 1.98. The van der Waals surface area contributed by atoms with Gasteiger partial charge in [-0.05, 0) is 20.5 Å². The highest BCUT2D eigenvalue weighted by Gasteiger charge is 2.39. The van der Waals surface area contributed by atoms with Gasteiger partial charge in [-0.3, -0.25) is 4.79 Å². The first kappa shape index (κ1) is 23.1. The van der Waals surface area contributed by atoms with Crippen LogP contribution in [0.4, 0.5) is 13.2 Å². The molecule has 0 aromatic rings. The minimum Gasteiger partial charge on any atom is -0.343 e. The fraction of sp³-hybridized carbons (Fsp3) is 0.857. The maximum Gasteiger partial charge on any atom is 0.471 e. The standard InChI is InChI=1S/C14H25F3N3O3P/c1-5-6-7-8-12(19-13(21)14(15,16)17)11-23-24(20(3)4)22-10-9-18-2/h12H,5-11H2,1,3-4H3,(H,19,21)/t12-,24?/m0/s1. The van der Waals surface area contributed by atoms with Crippen LogP contribution in [0.5, 0.6) is 0 Å². The Bertz CT molecular complexity index is 403. The summed E-state index contributed by atoms with van der Waals surface area (Å²) in [6.45, 7) is 8.97. The maximum absolute atomic E-state index is 12.4. The number of amides is 1. The van der Waals surface area contributed by atoms with Crippen molar-refractivity contribution in [1.82, 2.24) is 9.99 Å². The smallest absolute Gasteiger partial charge is 0.343 e. The van der Waals surface area contributed by atoms with Gasteiger partial charge in [-0.1, -0.05) is 26.2 Å². The molecular formula is C14H25F3N3O3P. The minimum absolute atomic E-state index is 0.0760. The highest BCUT2D eigenvalue weighted by Crippen LogP contribution is 2.40. The summed E-state index contributed by atoms with van der Waals surface area (Å²) < 4.78 is 49.9. The summed E-state index contributed by atoms with van der Waals surface area (Å²) in [5.41, 5.74) is 0. The zero-order chi connectivity index (χ0) is 18.6. The van der Waals surface area contributed by atoms with E-state index in [2.05, 4.69) is 4.85 Å². The van der Waals surface area contributed by atoms with Crippen LogP contribution in [0.2, 0.25) is 0 Å². The predicted octanol–water partition coefficient (Wildman–Crippen LogP) is 3.35. The summed E-state index contributed by atoms with van der Waals surface area (Å²) in [7, 11) is 1.95. The van der Waals surface area contributed by atoms with E-state index in [4.69, 9.17) is 15.6 Å². The first-order valence-corrected chi connectivity index (χ1v) is 8.79. The second-order valence-electron chi connectivity index (χ2n) is 5.26. The molecule has 6 nitrogen and oxygen atoms in total. The highest BCUT2D eigenvalue weighted by atomic mass is 31.2. The molecular weight excluding hydrogens is 346 g/mol. The Morgan fingerprint density at radius 3 is 2.50 bits per heavy atom. The van der Waals surface area contributed by atoms with Gasteiger partial charge in [0.15, 0.2) is 0 Å². The molecule has 0 aliphatic carbocycles. The Kier molecular flexibility index (Phi) is 11.9. The van der Waals surface area contributed by atoms with E-state index in [1.165, 1.54) is 0 Å². The third-order valence-corrected chi connectivity index (χ3v) is 4.29. The second-order valence-corrected chi connectivity index (χ2v) is 7.05. The molecule has 0 radical (unpaired) electrons. The molecule has 0 spiro atoms. The minimum atomic E-state index is -4.92. The monoisotopic (exact) mass is 371 g/mol. The van der Waals surface area contributed by atoms with Crippen LogP contribution in [0.15, 0.2) is 0 Å². The zero-order valence-corrected chi connectivity index (χ0v) is 15.1. The summed E-state index contributed by atoms with van der Waals surface area (Å²) in [6, 6.07) is -0.736. The van der Waals surface area contributed by atoms with Gasteiger partial charge in [0, 0.05) is 0 Å². The van der Waals surface area contributed by atoms with Gasteiger partial charge in [0.25, 0.3) is 8.53 Å². The van der Waals surface area contributed by atoms with Crippen LogP contribution >= 0.6 is 8.53 Å². The molecule has 0 saturated heterocycles. The number of alkyl halides is 3. The van der Waals surface area contributed by atoms with Gasteiger partial charge >= 0.3 is 12.1 Å². The van der Waals surface area contributed by atoms with Crippen LogP contribution in [-0.2, 0) is 13.8 Å². The first-order valence-electron chi connectivity index (χ1n) is 7.66. The van der Waals surface area contributed by atoms with Gasteiger partial charge in [0.1, 0.15) is 6.61 Å². The zero-order valence-electron chi connectivity index (χ0n) is 14.2. The van der Waals surface area contributed by atoms with Gasteiger partial charge in [0.2, 0.25) is 6.54 Å². The average Bonchev–Trinajstić information content (AvgIpc) is 2.49. The normalized spacial score (nSPS) is 14.2. The van der Waals surface area contributed by atoms with E-state index in [0.29, 0.717) is 12.8 Å². The van der Waals surface area contributed by atoms with Crippen molar-refractivity contribution in [2.24, 2.45) is 0 Å². The summed E-state index contributed by atoms with van der Waals surface area (Å²) in [5.74, 6) is -1.96. The lowest BCUT2D eigenvalue weighted by molar-refractivity contribution is -0.174. The van der Waals surface area contributed by atoms with E-state index in [9.17, 15) is 18.0 Å². The molecule has 1 unspecified atom stereocenters. The third-order valence-electron chi connectivity index (χ3n) is 2.87. The predicted molar refractivity (Wildman–Crippen MR) is 86.1 cm³/mol. The second kappa shape index (κ2) is 12.4. The lowest BCUT2D eigenvalue weighted by atomic mass is 10.1. The van der Waals surface area contributed by atoms with Crippen LogP contribution in [0.25, 0.3) is 4.85 Å². The number of halogens is 3. The highest BCUT2D eigenvalue weighted by molar-refractivity contribution is 7.44. The molecule has 1 amide bonds. The van der Waals surface area contributed by atoms with Crippen LogP contribution in [0, 0.1) is 6.57 Å². The molecule has 0 bridgehead atoms. The van der Waals surface area contributed by atoms with Crippen LogP contribution in [-0.4, -0.2) is 56.6 Å². The van der Waals surface area contributed by atoms with Crippen molar-refractivity contribution in [2.45, 2.75) is 44.8 Å². The Morgan fingerprint density at radius 1 is 1.33 bits per heavy atom. The van der Waals surface area contributed by atoms with Crippen molar-refractivity contribution in [3.8, 4) is 0 Å². The molecule has 10 heteroatoms. The van der Waals surface area contributed by atoms with E-state index in [0.717, 1.165) is 12.8 Å². The summed E-state index contributed by atoms with van der Waals surface area (Å²) in [6.07, 6.45) is -2.04. The van der Waals surface area contributed by atoms with Crippen molar-refractivity contribution in [2.75, 3.05) is 33.9 Å². The van der Waals surface area contributed by atoms with Crippen molar-refractivity contribution in [3.63, 3.8) is 0 Å². The number of hydrogen-bond donors (Lipinski definition) is 1. The van der Waals surface area contributed by atoms with Crippen molar-refractivity contribution < 1.29 is 27.0 Å². The van der Waals surface area contributed by atoms with Crippen molar-refractivity contribution >= 4 is 14.4 Å². The number of carbonyl (C=O) groups excluding carboxylic acids is 1. The Morgan fingerprint density at radius 2 is 2.00 bits per heavy atom. The van der Waals surface area contributed by atoms with E-state index in [1.54, 1.807) is 18.8 Å². The van der Waals surface area contributed by atoms with Crippen LogP contribution in [0.1, 0.15) is 32.6 Å². The van der Waals surface area contributed by atoms with Crippen LogP contribution in [0.3, 0.4) is 0 Å².